The Morgan fingerprint density at radius 2 is 2.00 bits per heavy atom. The van der Waals surface area contributed by atoms with E-state index in [1.165, 1.54) is 0 Å². The van der Waals surface area contributed by atoms with Gasteiger partial charge in [-0.15, -0.1) is 11.6 Å². The molecule has 0 fully saturated rings. The van der Waals surface area contributed by atoms with E-state index in [0.717, 1.165) is 16.8 Å². The molecular formula is C16H16ClNO2. The van der Waals surface area contributed by atoms with Crippen LogP contribution >= 0.6 is 11.6 Å². The number of para-hydroxylation sites is 1. The maximum atomic E-state index is 12.4. The van der Waals surface area contributed by atoms with Crippen LogP contribution in [0.5, 0.6) is 5.75 Å². The Labute approximate surface area is 123 Å². The van der Waals surface area contributed by atoms with E-state index in [9.17, 15) is 4.79 Å². The molecule has 0 bridgehead atoms. The maximum absolute atomic E-state index is 12.4. The van der Waals surface area contributed by atoms with Crippen LogP contribution in [0.1, 0.15) is 21.5 Å². The van der Waals surface area contributed by atoms with Crippen LogP contribution in [0, 0.1) is 6.92 Å². The number of aryl methyl sites for hydroxylation is 1. The smallest absolute Gasteiger partial charge is 0.259 e. The number of halogens is 1. The summed E-state index contributed by atoms with van der Waals surface area (Å²) >= 11 is 5.87. The van der Waals surface area contributed by atoms with Crippen LogP contribution < -0.4 is 10.1 Å². The molecule has 0 spiro atoms. The summed E-state index contributed by atoms with van der Waals surface area (Å²) in [7, 11) is 1.55. The second-order valence-corrected chi connectivity index (χ2v) is 4.72. The molecule has 0 aromatic heterocycles. The molecule has 2 aromatic rings. The van der Waals surface area contributed by atoms with Crippen molar-refractivity contribution in [3.63, 3.8) is 0 Å². The minimum Gasteiger partial charge on any atom is -0.496 e. The van der Waals surface area contributed by atoms with Gasteiger partial charge in [0.05, 0.1) is 12.7 Å². The lowest BCUT2D eigenvalue weighted by Crippen LogP contribution is -2.14. The fourth-order valence-corrected chi connectivity index (χ4v) is 2.18. The molecule has 4 heteroatoms. The predicted molar refractivity (Wildman–Crippen MR) is 81.7 cm³/mol. The summed E-state index contributed by atoms with van der Waals surface area (Å²) in [6.07, 6.45) is 0. The van der Waals surface area contributed by atoms with Gasteiger partial charge in [0.1, 0.15) is 5.75 Å². The molecule has 20 heavy (non-hydrogen) atoms. The molecule has 0 heterocycles. The summed E-state index contributed by atoms with van der Waals surface area (Å²) < 4.78 is 5.23. The number of ether oxygens (including phenoxy) is 1. The highest BCUT2D eigenvalue weighted by molar-refractivity contribution is 6.17. The highest BCUT2D eigenvalue weighted by Gasteiger charge is 2.13. The van der Waals surface area contributed by atoms with Crippen LogP contribution in [0.4, 0.5) is 5.69 Å². The van der Waals surface area contributed by atoms with Crippen LogP contribution in [0.15, 0.2) is 42.5 Å². The molecule has 0 saturated heterocycles. The van der Waals surface area contributed by atoms with E-state index in [0.29, 0.717) is 17.2 Å². The first-order valence-electron chi connectivity index (χ1n) is 6.25. The van der Waals surface area contributed by atoms with Crippen LogP contribution in [0.25, 0.3) is 0 Å². The Hall–Kier alpha value is -2.00. The number of carbonyl (C=O) groups excluding carboxylic acids is 1. The van der Waals surface area contributed by atoms with Crippen molar-refractivity contribution < 1.29 is 9.53 Å². The molecule has 0 saturated carbocycles. The van der Waals surface area contributed by atoms with E-state index in [-0.39, 0.29) is 5.91 Å². The van der Waals surface area contributed by atoms with Gasteiger partial charge in [-0.05, 0) is 30.7 Å². The lowest BCUT2D eigenvalue weighted by Gasteiger charge is -2.12. The first-order chi connectivity index (χ1) is 9.65. The summed E-state index contributed by atoms with van der Waals surface area (Å²) in [6, 6.07) is 13.0. The Morgan fingerprint density at radius 3 is 2.70 bits per heavy atom. The summed E-state index contributed by atoms with van der Waals surface area (Å²) in [6.45, 7) is 1.93. The normalized spacial score (nSPS) is 10.2. The van der Waals surface area contributed by atoms with Crippen molar-refractivity contribution in [2.75, 3.05) is 12.4 Å². The van der Waals surface area contributed by atoms with Crippen molar-refractivity contribution in [1.29, 1.82) is 0 Å². The average molecular weight is 290 g/mol. The van der Waals surface area contributed by atoms with Gasteiger partial charge in [0.15, 0.2) is 0 Å². The molecule has 1 N–H and O–H groups in total. The van der Waals surface area contributed by atoms with E-state index >= 15 is 0 Å². The number of alkyl halides is 1. The molecular weight excluding hydrogens is 274 g/mol. The van der Waals surface area contributed by atoms with Crippen LogP contribution in [0.3, 0.4) is 0 Å². The van der Waals surface area contributed by atoms with Crippen molar-refractivity contribution >= 4 is 23.2 Å². The number of methoxy groups -OCH3 is 1. The number of hydrogen-bond acceptors (Lipinski definition) is 2. The zero-order valence-electron chi connectivity index (χ0n) is 11.4. The number of carbonyl (C=O) groups is 1. The molecule has 0 aliphatic heterocycles. The average Bonchev–Trinajstić information content (AvgIpc) is 2.47. The summed E-state index contributed by atoms with van der Waals surface area (Å²) in [5.74, 6) is 0.695. The molecule has 2 rings (SSSR count). The van der Waals surface area contributed by atoms with Gasteiger partial charge in [0.2, 0.25) is 0 Å². The Balaban J connectivity index is 2.30. The van der Waals surface area contributed by atoms with Crippen molar-refractivity contribution in [2.24, 2.45) is 0 Å². The molecule has 2 aromatic carbocycles. The van der Waals surface area contributed by atoms with Gasteiger partial charge < -0.3 is 10.1 Å². The molecule has 3 nitrogen and oxygen atoms in total. The fourth-order valence-electron chi connectivity index (χ4n) is 1.95. The second-order valence-electron chi connectivity index (χ2n) is 4.45. The standard InChI is InChI=1S/C16H16ClNO2/c1-11-7-8-15(20-2)13(9-11)16(19)18-14-6-4-3-5-12(14)10-17/h3-9H,10H2,1-2H3,(H,18,19). The summed E-state index contributed by atoms with van der Waals surface area (Å²) in [4.78, 5) is 12.4. The zero-order chi connectivity index (χ0) is 14.5. The molecule has 0 unspecified atom stereocenters. The second kappa shape index (κ2) is 6.44. The minimum atomic E-state index is -0.205. The highest BCUT2D eigenvalue weighted by atomic mass is 35.5. The van der Waals surface area contributed by atoms with Crippen molar-refractivity contribution in [3.05, 3.63) is 59.2 Å². The predicted octanol–water partition coefficient (Wildman–Crippen LogP) is 3.99. The maximum Gasteiger partial charge on any atom is 0.259 e. The Morgan fingerprint density at radius 1 is 1.25 bits per heavy atom. The first kappa shape index (κ1) is 14.4. The molecule has 1 amide bonds. The lowest BCUT2D eigenvalue weighted by molar-refractivity contribution is 0.102. The van der Waals surface area contributed by atoms with Gasteiger partial charge in [-0.2, -0.15) is 0 Å². The molecule has 0 atom stereocenters. The third-order valence-electron chi connectivity index (χ3n) is 3.01. The summed E-state index contributed by atoms with van der Waals surface area (Å²) in [5.41, 5.74) is 3.11. The van der Waals surface area contributed by atoms with Crippen molar-refractivity contribution in [1.82, 2.24) is 0 Å². The topological polar surface area (TPSA) is 38.3 Å². The first-order valence-corrected chi connectivity index (χ1v) is 6.79. The van der Waals surface area contributed by atoms with Gasteiger partial charge in [0.25, 0.3) is 5.91 Å². The number of anilines is 1. The van der Waals surface area contributed by atoms with Crippen LogP contribution in [0.2, 0.25) is 0 Å². The Kier molecular flexibility index (Phi) is 4.64. The monoisotopic (exact) mass is 289 g/mol. The number of nitrogens with one attached hydrogen (secondary N) is 1. The number of benzene rings is 2. The van der Waals surface area contributed by atoms with Gasteiger partial charge in [-0.25, -0.2) is 0 Å². The van der Waals surface area contributed by atoms with Crippen molar-refractivity contribution in [2.45, 2.75) is 12.8 Å². The van der Waals surface area contributed by atoms with E-state index in [2.05, 4.69) is 5.32 Å². The number of amides is 1. The zero-order valence-corrected chi connectivity index (χ0v) is 12.2. The molecule has 0 aliphatic rings. The van der Waals surface area contributed by atoms with E-state index in [1.54, 1.807) is 19.2 Å². The van der Waals surface area contributed by atoms with Crippen LogP contribution in [-0.2, 0) is 5.88 Å². The minimum absolute atomic E-state index is 0.205. The summed E-state index contributed by atoms with van der Waals surface area (Å²) in [5, 5.41) is 2.88. The quantitative estimate of drug-likeness (QED) is 0.864. The van der Waals surface area contributed by atoms with E-state index in [1.807, 2.05) is 37.3 Å². The van der Waals surface area contributed by atoms with Gasteiger partial charge in [0, 0.05) is 11.6 Å². The highest BCUT2D eigenvalue weighted by Crippen LogP contribution is 2.23. The van der Waals surface area contributed by atoms with Gasteiger partial charge in [-0.1, -0.05) is 29.8 Å². The SMILES string of the molecule is COc1ccc(C)cc1C(=O)Nc1ccccc1CCl. The van der Waals surface area contributed by atoms with Crippen molar-refractivity contribution in [3.8, 4) is 5.75 Å². The van der Waals surface area contributed by atoms with E-state index in [4.69, 9.17) is 16.3 Å². The van der Waals surface area contributed by atoms with Crippen LogP contribution in [-0.4, -0.2) is 13.0 Å². The molecule has 0 aliphatic carbocycles. The fraction of sp³-hybridized carbons (Fsp3) is 0.188. The third kappa shape index (κ3) is 3.11. The Bertz CT molecular complexity index is 626. The molecule has 0 radical (unpaired) electrons. The number of rotatable bonds is 4. The molecule has 104 valence electrons. The largest absolute Gasteiger partial charge is 0.496 e. The third-order valence-corrected chi connectivity index (χ3v) is 3.30. The van der Waals surface area contributed by atoms with Gasteiger partial charge in [-0.3, -0.25) is 4.79 Å². The number of hydrogen-bond donors (Lipinski definition) is 1. The van der Waals surface area contributed by atoms with Gasteiger partial charge >= 0.3 is 0 Å². The lowest BCUT2D eigenvalue weighted by atomic mass is 10.1. The van der Waals surface area contributed by atoms with E-state index < -0.39 is 0 Å².